The summed E-state index contributed by atoms with van der Waals surface area (Å²) in [5.41, 5.74) is 3.52. The highest BCUT2D eigenvalue weighted by Crippen LogP contribution is 2.30. The summed E-state index contributed by atoms with van der Waals surface area (Å²) in [5, 5.41) is 27.2. The van der Waals surface area contributed by atoms with Crippen LogP contribution in [0.25, 0.3) is 5.52 Å². The van der Waals surface area contributed by atoms with Crippen molar-refractivity contribution in [3.8, 4) is 11.9 Å². The first-order valence-electron chi connectivity index (χ1n) is 11.3. The lowest BCUT2D eigenvalue weighted by molar-refractivity contribution is 0.223. The molecule has 1 fully saturated rings. The van der Waals surface area contributed by atoms with E-state index in [2.05, 4.69) is 21.4 Å². The first-order valence-corrected chi connectivity index (χ1v) is 11.3. The Morgan fingerprint density at radius 2 is 2.14 bits per heavy atom. The van der Waals surface area contributed by atoms with Crippen molar-refractivity contribution in [3.05, 3.63) is 59.4 Å². The van der Waals surface area contributed by atoms with Crippen molar-refractivity contribution < 1.29 is 14.2 Å². The van der Waals surface area contributed by atoms with Crippen LogP contribution in [0, 0.1) is 17.3 Å². The highest BCUT2D eigenvalue weighted by Gasteiger charge is 2.21. The van der Waals surface area contributed by atoms with E-state index >= 15 is 0 Å². The lowest BCUT2D eigenvalue weighted by atomic mass is 10.0. The van der Waals surface area contributed by atoms with Gasteiger partial charge in [0.05, 0.1) is 36.4 Å². The van der Waals surface area contributed by atoms with Crippen LogP contribution in [-0.4, -0.2) is 55.2 Å². The highest BCUT2D eigenvalue weighted by molar-refractivity contribution is 6.47. The van der Waals surface area contributed by atoms with Crippen LogP contribution in [0.15, 0.2) is 46.9 Å². The molecule has 0 aromatic carbocycles. The Kier molecular flexibility index (Phi) is 7.22. The monoisotopic (exact) mass is 478 g/mol. The van der Waals surface area contributed by atoms with E-state index in [0.29, 0.717) is 52.6 Å². The van der Waals surface area contributed by atoms with Gasteiger partial charge in [-0.3, -0.25) is 9.98 Å². The minimum atomic E-state index is -0.505. The van der Waals surface area contributed by atoms with Crippen LogP contribution in [0.1, 0.15) is 49.6 Å². The third-order valence-corrected chi connectivity index (χ3v) is 6.02. The van der Waals surface area contributed by atoms with E-state index < -0.39 is 11.9 Å². The molecule has 0 aliphatic carbocycles. The molecular weight excluding hydrogens is 451 g/mol. The summed E-state index contributed by atoms with van der Waals surface area (Å²) in [7, 11) is 0. The average molecular weight is 479 g/mol. The zero-order valence-corrected chi connectivity index (χ0v) is 19.6. The Labute approximate surface area is 202 Å². The Morgan fingerprint density at radius 3 is 2.77 bits per heavy atom. The number of pyridine rings is 2. The summed E-state index contributed by atoms with van der Waals surface area (Å²) in [5.74, 6) is 5.80. The smallest absolute Gasteiger partial charge is 0.179 e. The van der Waals surface area contributed by atoms with Crippen LogP contribution in [0.4, 0.5) is 4.39 Å². The van der Waals surface area contributed by atoms with Crippen LogP contribution in [0.2, 0.25) is 0 Å². The largest absolute Gasteiger partial charge is 0.482 e. The van der Waals surface area contributed by atoms with Gasteiger partial charge in [0.15, 0.2) is 6.19 Å². The predicted molar refractivity (Wildman–Crippen MR) is 128 cm³/mol. The van der Waals surface area contributed by atoms with Gasteiger partial charge < -0.3 is 20.6 Å². The molecule has 11 heteroatoms. The normalized spacial score (nSPS) is 16.4. The van der Waals surface area contributed by atoms with Gasteiger partial charge in [-0.2, -0.15) is 15.5 Å². The van der Waals surface area contributed by atoms with Crippen molar-refractivity contribution >= 4 is 16.9 Å². The number of aromatic nitrogens is 3. The molecule has 0 saturated carbocycles. The van der Waals surface area contributed by atoms with Gasteiger partial charge in [0, 0.05) is 30.4 Å². The Morgan fingerprint density at radius 1 is 1.37 bits per heavy atom. The van der Waals surface area contributed by atoms with E-state index in [0.717, 1.165) is 19.0 Å². The van der Waals surface area contributed by atoms with E-state index in [1.54, 1.807) is 40.9 Å². The van der Waals surface area contributed by atoms with Gasteiger partial charge in [-0.15, -0.1) is 0 Å². The Balaban J connectivity index is 1.67. The van der Waals surface area contributed by atoms with E-state index in [1.807, 2.05) is 6.92 Å². The maximum atomic E-state index is 13.3. The number of rotatable bonds is 7. The second kappa shape index (κ2) is 10.5. The zero-order valence-electron chi connectivity index (χ0n) is 19.6. The number of nitrogens with zero attached hydrogens (tertiary/aromatic N) is 7. The number of likely N-dealkylation sites (tertiary alicyclic amines) is 1. The number of aliphatic hydroxyl groups excluding tert-OH is 1. The van der Waals surface area contributed by atoms with Crippen molar-refractivity contribution in [1.29, 1.82) is 5.26 Å². The number of hydrogen-bond acceptors (Lipinski definition) is 9. The number of ether oxygens (including phenoxy) is 1. The molecule has 1 unspecified atom stereocenters. The highest BCUT2D eigenvalue weighted by atomic mass is 19.1. The molecule has 4 rings (SSSR count). The van der Waals surface area contributed by atoms with Gasteiger partial charge in [-0.25, -0.2) is 8.91 Å². The van der Waals surface area contributed by atoms with Crippen molar-refractivity contribution in [1.82, 2.24) is 19.5 Å². The van der Waals surface area contributed by atoms with Crippen molar-refractivity contribution in [2.75, 3.05) is 13.1 Å². The van der Waals surface area contributed by atoms with Crippen molar-refractivity contribution in [2.45, 2.75) is 45.4 Å². The van der Waals surface area contributed by atoms with Gasteiger partial charge in [-0.1, -0.05) is 0 Å². The molecule has 0 radical (unpaired) electrons. The number of aliphatic hydroxyl groups is 1. The molecule has 0 spiro atoms. The molecule has 182 valence electrons. The van der Waals surface area contributed by atoms with E-state index in [1.165, 1.54) is 6.07 Å². The lowest BCUT2D eigenvalue weighted by Gasteiger charge is -2.26. The SMILES string of the molecule is CC(=NC1CCN(C#N)CC1)/C(=N\N)c1cc(OC(C)c2ccc(F)cn2)c2c(CO)cnn2c1. The van der Waals surface area contributed by atoms with Crippen molar-refractivity contribution in [2.24, 2.45) is 15.9 Å². The van der Waals surface area contributed by atoms with E-state index in [4.69, 9.17) is 20.8 Å². The van der Waals surface area contributed by atoms with E-state index in [-0.39, 0.29) is 12.6 Å². The van der Waals surface area contributed by atoms with Gasteiger partial charge in [-0.05, 0) is 44.9 Å². The van der Waals surface area contributed by atoms with Crippen LogP contribution in [-0.2, 0) is 6.61 Å². The number of nitriles is 1. The number of halogens is 1. The summed E-state index contributed by atoms with van der Waals surface area (Å²) in [6.45, 7) is 4.77. The quantitative estimate of drug-likeness (QED) is 0.230. The fourth-order valence-electron chi connectivity index (χ4n) is 4.17. The number of piperidine rings is 1. The molecule has 4 heterocycles. The predicted octanol–water partition coefficient (Wildman–Crippen LogP) is 2.57. The van der Waals surface area contributed by atoms with Gasteiger partial charge in [0.25, 0.3) is 0 Å². The molecule has 3 N–H and O–H groups in total. The van der Waals surface area contributed by atoms with Gasteiger partial charge in [0.1, 0.15) is 28.9 Å². The molecule has 1 saturated heterocycles. The second-order valence-corrected chi connectivity index (χ2v) is 8.39. The number of nitrogens with two attached hydrogens (primary N) is 1. The third-order valence-electron chi connectivity index (χ3n) is 6.02. The molecule has 0 amide bonds. The van der Waals surface area contributed by atoms with Gasteiger partial charge in [0.2, 0.25) is 0 Å². The summed E-state index contributed by atoms with van der Waals surface area (Å²) in [4.78, 5) is 10.6. The molecular formula is C24H27FN8O2. The fraction of sp³-hybridized carbons (Fsp3) is 0.375. The maximum absolute atomic E-state index is 13.3. The molecule has 3 aromatic heterocycles. The molecule has 0 bridgehead atoms. The molecule has 1 atom stereocenters. The topological polar surface area (TPSA) is 137 Å². The summed E-state index contributed by atoms with van der Waals surface area (Å²) < 4.78 is 21.1. The zero-order chi connectivity index (χ0) is 24.9. The fourth-order valence-corrected chi connectivity index (χ4v) is 4.17. The summed E-state index contributed by atoms with van der Waals surface area (Å²) in [6.07, 6.45) is 7.68. The van der Waals surface area contributed by atoms with Crippen LogP contribution < -0.4 is 10.6 Å². The maximum Gasteiger partial charge on any atom is 0.179 e. The molecule has 35 heavy (non-hydrogen) atoms. The van der Waals surface area contributed by atoms with Crippen LogP contribution in [0.3, 0.4) is 0 Å². The van der Waals surface area contributed by atoms with Crippen LogP contribution >= 0.6 is 0 Å². The number of hydrazone groups is 1. The summed E-state index contributed by atoms with van der Waals surface area (Å²) >= 11 is 0. The first kappa shape index (κ1) is 24.1. The lowest BCUT2D eigenvalue weighted by Crippen LogP contribution is -2.32. The molecule has 10 nitrogen and oxygen atoms in total. The third kappa shape index (κ3) is 5.22. The van der Waals surface area contributed by atoms with E-state index in [9.17, 15) is 9.50 Å². The van der Waals surface area contributed by atoms with Gasteiger partial charge >= 0.3 is 0 Å². The molecule has 3 aromatic rings. The summed E-state index contributed by atoms with van der Waals surface area (Å²) in [6, 6.07) is 4.74. The molecule has 1 aliphatic heterocycles. The number of fused-ring (bicyclic) bond motifs is 1. The van der Waals surface area contributed by atoms with Crippen molar-refractivity contribution in [3.63, 3.8) is 0 Å². The molecule has 1 aliphatic rings. The second-order valence-electron chi connectivity index (χ2n) is 8.39. The number of hydrogen-bond donors (Lipinski definition) is 2. The minimum Gasteiger partial charge on any atom is -0.482 e. The Hall–Kier alpha value is -4.04. The Bertz CT molecular complexity index is 1290. The average Bonchev–Trinajstić information content (AvgIpc) is 3.29. The number of aliphatic imine (C=N–C) groups is 1. The minimum absolute atomic E-state index is 0.0751. The standard InChI is InChI=1S/C24H27FN8O2/c1-15(30-20-5-7-32(14-26)8-6-20)23(31-27)17-9-22(24-18(13-34)10-29-33(24)12-17)35-16(2)21-4-3-19(25)11-28-21/h3-4,9-12,16,20,34H,5-8,13,27H2,1-2H3/b30-15?,31-23+. The van der Waals surface area contributed by atoms with Crippen LogP contribution in [0.5, 0.6) is 5.75 Å². The first-order chi connectivity index (χ1) is 16.9.